The highest BCUT2D eigenvalue weighted by Gasteiger charge is 2.30. The minimum Gasteiger partial charge on any atom is -0.309 e. The molecule has 0 spiro atoms. The maximum Gasteiger partial charge on any atom is 0.226 e. The topological polar surface area (TPSA) is 75.9 Å². The first kappa shape index (κ1) is 22.7. The predicted molar refractivity (Wildman–Crippen MR) is 137 cm³/mol. The van der Waals surface area contributed by atoms with Crippen LogP contribution in [0.25, 0.3) is 27.5 Å². The lowest BCUT2D eigenvalue weighted by molar-refractivity contribution is -0.116. The van der Waals surface area contributed by atoms with Gasteiger partial charge in [-0.2, -0.15) is 5.10 Å². The highest BCUT2D eigenvalue weighted by Crippen LogP contribution is 2.44. The Labute approximate surface area is 207 Å². The van der Waals surface area contributed by atoms with E-state index in [0.29, 0.717) is 16.6 Å². The minimum atomic E-state index is -0.0103. The molecule has 7 nitrogen and oxygen atoms in total. The van der Waals surface area contributed by atoms with Gasteiger partial charge < -0.3 is 10.2 Å². The Hall–Kier alpha value is -3.07. The molecule has 1 aliphatic rings. The van der Waals surface area contributed by atoms with Crippen LogP contribution in [0.3, 0.4) is 0 Å². The number of halogens is 1. The van der Waals surface area contributed by atoms with E-state index in [4.69, 9.17) is 21.7 Å². The molecule has 0 radical (unpaired) electrons. The number of aryl methyl sites for hydroxylation is 1. The van der Waals surface area contributed by atoms with Gasteiger partial charge in [0, 0.05) is 29.9 Å². The van der Waals surface area contributed by atoms with E-state index in [2.05, 4.69) is 15.2 Å². The van der Waals surface area contributed by atoms with Crippen molar-refractivity contribution in [3.05, 3.63) is 65.1 Å². The van der Waals surface area contributed by atoms with Crippen LogP contribution in [0, 0.1) is 0 Å². The summed E-state index contributed by atoms with van der Waals surface area (Å²) < 4.78 is 1.92. The molecule has 174 valence electrons. The smallest absolute Gasteiger partial charge is 0.226 e. The molecule has 3 aromatic heterocycles. The number of hydrogen-bond donors (Lipinski definition) is 1. The summed E-state index contributed by atoms with van der Waals surface area (Å²) in [6, 6.07) is 11.6. The minimum absolute atomic E-state index is 0.0103. The SMILES string of the molecule is CN(C)CCCC(=O)Nc1nc2c(s1)-c1c(c(-c3cccnc3)nn1-c1ccccc1Cl)CC2. The number of amides is 1. The molecule has 1 amide bonds. The van der Waals surface area contributed by atoms with Crippen molar-refractivity contribution in [2.75, 3.05) is 26.0 Å². The first-order chi connectivity index (χ1) is 16.5. The summed E-state index contributed by atoms with van der Waals surface area (Å²) in [5.74, 6) is -0.0103. The lowest BCUT2D eigenvalue weighted by Crippen LogP contribution is -2.17. The monoisotopic (exact) mass is 492 g/mol. The normalized spacial score (nSPS) is 12.5. The molecule has 1 N–H and O–H groups in total. The fourth-order valence-electron chi connectivity index (χ4n) is 4.19. The van der Waals surface area contributed by atoms with Gasteiger partial charge in [-0.25, -0.2) is 9.67 Å². The van der Waals surface area contributed by atoms with Gasteiger partial charge in [0.2, 0.25) is 5.91 Å². The van der Waals surface area contributed by atoms with Crippen molar-refractivity contribution in [3.63, 3.8) is 0 Å². The molecular weight excluding hydrogens is 468 g/mol. The summed E-state index contributed by atoms with van der Waals surface area (Å²) in [6.45, 7) is 0.874. The van der Waals surface area contributed by atoms with Gasteiger partial charge in [-0.15, -0.1) is 0 Å². The number of nitrogens with zero attached hydrogens (tertiary/aromatic N) is 5. The summed E-state index contributed by atoms with van der Waals surface area (Å²) in [7, 11) is 4.01. The molecule has 0 atom stereocenters. The van der Waals surface area contributed by atoms with E-state index < -0.39 is 0 Å². The van der Waals surface area contributed by atoms with Gasteiger partial charge >= 0.3 is 0 Å². The van der Waals surface area contributed by atoms with E-state index in [-0.39, 0.29) is 5.91 Å². The van der Waals surface area contributed by atoms with Crippen molar-refractivity contribution in [1.82, 2.24) is 24.6 Å². The molecule has 5 rings (SSSR count). The first-order valence-electron chi connectivity index (χ1n) is 11.2. The van der Waals surface area contributed by atoms with Crippen LogP contribution in [0.15, 0.2) is 48.8 Å². The number of nitrogens with one attached hydrogen (secondary N) is 1. The maximum absolute atomic E-state index is 12.5. The number of rotatable bonds is 7. The van der Waals surface area contributed by atoms with E-state index in [1.807, 2.05) is 61.4 Å². The van der Waals surface area contributed by atoms with Crippen LogP contribution in [0.1, 0.15) is 24.1 Å². The highest BCUT2D eigenvalue weighted by atomic mass is 35.5. The Morgan fingerprint density at radius 3 is 2.82 bits per heavy atom. The maximum atomic E-state index is 12.5. The van der Waals surface area contributed by atoms with E-state index >= 15 is 0 Å². The third-order valence-corrected chi connectivity index (χ3v) is 7.12. The van der Waals surface area contributed by atoms with E-state index in [0.717, 1.165) is 64.6 Å². The number of carbonyl (C=O) groups is 1. The molecule has 34 heavy (non-hydrogen) atoms. The Balaban J connectivity index is 1.55. The third-order valence-electron chi connectivity index (χ3n) is 5.78. The number of benzene rings is 1. The zero-order valence-corrected chi connectivity index (χ0v) is 20.7. The standard InChI is InChI=1S/C25H25ClN6OS/c1-31(2)14-6-10-21(33)29-25-28-19-12-11-17-22(16-7-5-13-27-15-16)30-32(23(17)24(19)34-25)20-9-4-3-8-18(20)26/h3-5,7-9,13,15H,6,10-12,14H2,1-2H3,(H,28,29,33). The molecule has 1 aromatic carbocycles. The second-order valence-corrected chi connectivity index (χ2v) is 9.94. The average molecular weight is 493 g/mol. The molecule has 0 saturated carbocycles. The largest absolute Gasteiger partial charge is 0.309 e. The van der Waals surface area contributed by atoms with Crippen LogP contribution in [0.5, 0.6) is 0 Å². The number of aromatic nitrogens is 4. The van der Waals surface area contributed by atoms with Gasteiger partial charge in [0.1, 0.15) is 0 Å². The van der Waals surface area contributed by atoms with Crippen molar-refractivity contribution in [2.24, 2.45) is 0 Å². The Kier molecular flexibility index (Phi) is 6.45. The third kappa shape index (κ3) is 4.49. The molecule has 9 heteroatoms. The Morgan fingerprint density at radius 2 is 2.06 bits per heavy atom. The number of para-hydroxylation sites is 1. The Bertz CT molecular complexity index is 1330. The van der Waals surface area contributed by atoms with E-state index in [1.165, 1.54) is 11.3 Å². The number of anilines is 1. The zero-order valence-electron chi connectivity index (χ0n) is 19.1. The fourth-order valence-corrected chi connectivity index (χ4v) is 5.50. The molecule has 0 bridgehead atoms. The van der Waals surface area contributed by atoms with Crippen molar-refractivity contribution >= 4 is 34.0 Å². The summed E-state index contributed by atoms with van der Waals surface area (Å²) in [5, 5.41) is 9.24. The first-order valence-corrected chi connectivity index (χ1v) is 12.4. The molecule has 0 aliphatic heterocycles. The van der Waals surface area contributed by atoms with E-state index in [1.54, 1.807) is 6.20 Å². The van der Waals surface area contributed by atoms with Crippen LogP contribution < -0.4 is 5.32 Å². The molecule has 0 saturated heterocycles. The quantitative estimate of drug-likeness (QED) is 0.389. The lowest BCUT2D eigenvalue weighted by atomic mass is 9.95. The molecule has 0 unspecified atom stereocenters. The van der Waals surface area contributed by atoms with Gasteiger partial charge in [0.15, 0.2) is 5.13 Å². The van der Waals surface area contributed by atoms with Crippen molar-refractivity contribution in [3.8, 4) is 27.5 Å². The lowest BCUT2D eigenvalue weighted by Gasteiger charge is -2.14. The van der Waals surface area contributed by atoms with Crippen LogP contribution in [-0.4, -0.2) is 51.2 Å². The van der Waals surface area contributed by atoms with Crippen LogP contribution in [0.2, 0.25) is 5.02 Å². The number of thiazole rings is 1. The zero-order chi connectivity index (χ0) is 23.7. The highest BCUT2D eigenvalue weighted by molar-refractivity contribution is 7.19. The average Bonchev–Trinajstić information content (AvgIpc) is 3.40. The summed E-state index contributed by atoms with van der Waals surface area (Å²) in [6.07, 6.45) is 6.46. The predicted octanol–water partition coefficient (Wildman–Crippen LogP) is 5.09. The van der Waals surface area contributed by atoms with Crippen molar-refractivity contribution < 1.29 is 4.79 Å². The fraction of sp³-hybridized carbons (Fsp3) is 0.280. The summed E-state index contributed by atoms with van der Waals surface area (Å²) in [5.41, 5.74) is 5.79. The molecular formula is C25H25ClN6OS. The van der Waals surface area contributed by atoms with Crippen molar-refractivity contribution in [2.45, 2.75) is 25.7 Å². The Morgan fingerprint density at radius 1 is 1.21 bits per heavy atom. The number of carbonyl (C=O) groups excluding carboxylic acids is 1. The number of hydrogen-bond acceptors (Lipinski definition) is 6. The second kappa shape index (κ2) is 9.66. The molecule has 3 heterocycles. The summed E-state index contributed by atoms with van der Waals surface area (Å²) >= 11 is 8.08. The molecule has 4 aromatic rings. The van der Waals surface area contributed by atoms with Crippen LogP contribution in [-0.2, 0) is 17.6 Å². The van der Waals surface area contributed by atoms with Gasteiger partial charge in [0.05, 0.1) is 32.7 Å². The van der Waals surface area contributed by atoms with Crippen LogP contribution in [0.4, 0.5) is 5.13 Å². The van der Waals surface area contributed by atoms with E-state index in [9.17, 15) is 4.79 Å². The van der Waals surface area contributed by atoms with Crippen molar-refractivity contribution in [1.29, 1.82) is 0 Å². The van der Waals surface area contributed by atoms with Crippen LogP contribution >= 0.6 is 22.9 Å². The van der Waals surface area contributed by atoms with Gasteiger partial charge in [-0.05, 0) is 64.2 Å². The number of pyridine rings is 1. The van der Waals surface area contributed by atoms with Gasteiger partial charge in [-0.1, -0.05) is 35.1 Å². The van der Waals surface area contributed by atoms with Gasteiger partial charge in [0.25, 0.3) is 0 Å². The number of fused-ring (bicyclic) bond motifs is 3. The molecule has 1 aliphatic carbocycles. The summed E-state index contributed by atoms with van der Waals surface area (Å²) in [4.78, 5) is 24.6. The second-order valence-electron chi connectivity index (χ2n) is 8.53. The van der Waals surface area contributed by atoms with Gasteiger partial charge in [-0.3, -0.25) is 9.78 Å². The molecule has 0 fully saturated rings.